The van der Waals surface area contributed by atoms with E-state index in [1.165, 1.54) is 18.2 Å². The first-order chi connectivity index (χ1) is 9.82. The van der Waals surface area contributed by atoms with Crippen molar-refractivity contribution in [2.24, 2.45) is 17.3 Å². The lowest BCUT2D eigenvalue weighted by molar-refractivity contribution is -0.114. The SMILES string of the molecule is CC(=O)C1=C(NC(=O)c2cccc(F)c2)CC2C1C2(C)C. The van der Waals surface area contributed by atoms with Gasteiger partial charge in [-0.1, -0.05) is 19.9 Å². The van der Waals surface area contributed by atoms with Crippen LogP contribution in [0.3, 0.4) is 0 Å². The van der Waals surface area contributed by atoms with E-state index in [2.05, 4.69) is 19.2 Å². The lowest BCUT2D eigenvalue weighted by atomic mass is 9.96. The van der Waals surface area contributed by atoms with Gasteiger partial charge < -0.3 is 5.32 Å². The summed E-state index contributed by atoms with van der Waals surface area (Å²) in [6.45, 7) is 5.84. The number of hydrogen-bond donors (Lipinski definition) is 1. The first-order valence-electron chi connectivity index (χ1n) is 7.13. The van der Waals surface area contributed by atoms with Crippen LogP contribution >= 0.6 is 0 Å². The molecule has 1 N–H and O–H groups in total. The van der Waals surface area contributed by atoms with Crippen molar-refractivity contribution in [3.8, 4) is 0 Å². The van der Waals surface area contributed by atoms with E-state index in [-0.39, 0.29) is 28.6 Å². The van der Waals surface area contributed by atoms with Gasteiger partial charge in [0.25, 0.3) is 5.91 Å². The number of Topliss-reactive ketones (excluding diaryl/α,β-unsaturated/α-hetero) is 1. The summed E-state index contributed by atoms with van der Waals surface area (Å²) in [5.74, 6) is -0.110. The summed E-state index contributed by atoms with van der Waals surface area (Å²) in [6.07, 6.45) is 0.716. The van der Waals surface area contributed by atoms with E-state index in [4.69, 9.17) is 0 Å². The fourth-order valence-corrected chi connectivity index (χ4v) is 3.60. The lowest BCUT2D eigenvalue weighted by Gasteiger charge is -2.15. The van der Waals surface area contributed by atoms with Crippen LogP contribution in [0.1, 0.15) is 37.6 Å². The van der Waals surface area contributed by atoms with E-state index in [1.807, 2.05) is 0 Å². The van der Waals surface area contributed by atoms with Crippen LogP contribution in [0.25, 0.3) is 0 Å². The summed E-state index contributed by atoms with van der Waals surface area (Å²) in [7, 11) is 0. The summed E-state index contributed by atoms with van der Waals surface area (Å²) >= 11 is 0. The molecular weight excluding hydrogens is 269 g/mol. The zero-order chi connectivity index (χ0) is 15.4. The summed E-state index contributed by atoms with van der Waals surface area (Å²) < 4.78 is 13.2. The van der Waals surface area contributed by atoms with Crippen molar-refractivity contribution in [3.05, 3.63) is 46.9 Å². The maximum atomic E-state index is 13.2. The van der Waals surface area contributed by atoms with Gasteiger partial charge in [0.2, 0.25) is 0 Å². The normalized spacial score (nSPS) is 25.5. The van der Waals surface area contributed by atoms with E-state index >= 15 is 0 Å². The monoisotopic (exact) mass is 287 g/mol. The van der Waals surface area contributed by atoms with Crippen molar-refractivity contribution in [1.82, 2.24) is 5.32 Å². The van der Waals surface area contributed by atoms with Crippen LogP contribution < -0.4 is 5.32 Å². The van der Waals surface area contributed by atoms with Crippen molar-refractivity contribution in [1.29, 1.82) is 0 Å². The van der Waals surface area contributed by atoms with Gasteiger partial charge in [-0.3, -0.25) is 9.59 Å². The average Bonchev–Trinajstić information content (AvgIpc) is 2.78. The van der Waals surface area contributed by atoms with Gasteiger partial charge >= 0.3 is 0 Å². The van der Waals surface area contributed by atoms with Crippen molar-refractivity contribution >= 4 is 11.7 Å². The highest BCUT2D eigenvalue weighted by Crippen LogP contribution is 2.68. The standard InChI is InChI=1S/C17H18FNO2/c1-9(20)14-13(8-12-15(14)17(12,2)3)19-16(21)10-5-4-6-11(18)7-10/h4-7,12,15H,8H2,1-3H3,(H,19,21). The maximum Gasteiger partial charge on any atom is 0.255 e. The third-order valence-electron chi connectivity index (χ3n) is 4.84. The Kier molecular flexibility index (Phi) is 3.01. The van der Waals surface area contributed by atoms with Crippen molar-refractivity contribution < 1.29 is 14.0 Å². The fourth-order valence-electron chi connectivity index (χ4n) is 3.60. The molecule has 0 bridgehead atoms. The average molecular weight is 287 g/mol. The van der Waals surface area contributed by atoms with Crippen LogP contribution in [-0.2, 0) is 4.79 Å². The molecule has 1 fully saturated rings. The molecule has 2 aliphatic rings. The van der Waals surface area contributed by atoms with Gasteiger partial charge in [0, 0.05) is 16.8 Å². The zero-order valence-electron chi connectivity index (χ0n) is 12.4. The van der Waals surface area contributed by atoms with Crippen molar-refractivity contribution in [2.45, 2.75) is 27.2 Å². The van der Waals surface area contributed by atoms with Crippen LogP contribution in [0.5, 0.6) is 0 Å². The number of rotatable bonds is 3. The van der Waals surface area contributed by atoms with Gasteiger partial charge in [0.05, 0.1) is 0 Å². The Labute approximate surface area is 123 Å². The lowest BCUT2D eigenvalue weighted by Crippen LogP contribution is -2.25. The minimum atomic E-state index is -0.446. The smallest absolute Gasteiger partial charge is 0.255 e. The van der Waals surface area contributed by atoms with Crippen LogP contribution in [0.15, 0.2) is 35.5 Å². The van der Waals surface area contributed by atoms with Crippen LogP contribution in [0.2, 0.25) is 0 Å². The maximum absolute atomic E-state index is 13.2. The second kappa shape index (κ2) is 4.52. The number of halogens is 1. The molecule has 2 unspecified atom stereocenters. The number of amides is 1. The largest absolute Gasteiger partial charge is 0.325 e. The Morgan fingerprint density at radius 3 is 2.67 bits per heavy atom. The Balaban J connectivity index is 1.84. The molecule has 1 amide bonds. The second-order valence-electron chi connectivity index (χ2n) is 6.52. The van der Waals surface area contributed by atoms with E-state index < -0.39 is 5.82 Å². The minimum Gasteiger partial charge on any atom is -0.325 e. The van der Waals surface area contributed by atoms with Crippen molar-refractivity contribution in [3.63, 3.8) is 0 Å². The molecule has 1 aromatic rings. The van der Waals surface area contributed by atoms with E-state index in [9.17, 15) is 14.0 Å². The van der Waals surface area contributed by atoms with Crippen molar-refractivity contribution in [2.75, 3.05) is 0 Å². The van der Waals surface area contributed by atoms with Gasteiger partial charge in [-0.15, -0.1) is 0 Å². The molecule has 1 aromatic carbocycles. The molecule has 110 valence electrons. The molecule has 0 aromatic heterocycles. The molecule has 0 radical (unpaired) electrons. The molecule has 0 saturated heterocycles. The zero-order valence-corrected chi connectivity index (χ0v) is 12.4. The molecule has 3 rings (SSSR count). The highest BCUT2D eigenvalue weighted by Gasteiger charge is 2.64. The Bertz CT molecular complexity index is 675. The summed E-state index contributed by atoms with van der Waals surface area (Å²) in [6, 6.07) is 5.55. The Hall–Kier alpha value is -1.97. The highest BCUT2D eigenvalue weighted by atomic mass is 19.1. The number of hydrogen-bond acceptors (Lipinski definition) is 2. The summed E-state index contributed by atoms with van der Waals surface area (Å²) in [5.41, 5.74) is 1.87. The van der Waals surface area contributed by atoms with Gasteiger partial charge in [0.1, 0.15) is 5.82 Å². The fraction of sp³-hybridized carbons (Fsp3) is 0.412. The highest BCUT2D eigenvalue weighted by molar-refractivity contribution is 6.00. The molecule has 2 atom stereocenters. The van der Waals surface area contributed by atoms with Crippen LogP contribution in [0, 0.1) is 23.1 Å². The molecule has 1 saturated carbocycles. The predicted molar refractivity (Wildman–Crippen MR) is 77.0 cm³/mol. The number of nitrogens with one attached hydrogen (secondary N) is 1. The molecule has 21 heavy (non-hydrogen) atoms. The van der Waals surface area contributed by atoms with Crippen LogP contribution in [-0.4, -0.2) is 11.7 Å². The van der Waals surface area contributed by atoms with Gasteiger partial charge in [0.15, 0.2) is 5.78 Å². The number of carbonyl (C=O) groups is 2. The number of allylic oxidation sites excluding steroid dienone is 2. The second-order valence-corrected chi connectivity index (χ2v) is 6.52. The third kappa shape index (κ3) is 2.19. The van der Waals surface area contributed by atoms with Crippen LogP contribution in [0.4, 0.5) is 4.39 Å². The summed E-state index contributed by atoms with van der Waals surface area (Å²) in [4.78, 5) is 24.1. The van der Waals surface area contributed by atoms with E-state index in [0.29, 0.717) is 18.0 Å². The first-order valence-corrected chi connectivity index (χ1v) is 7.13. The van der Waals surface area contributed by atoms with E-state index in [1.54, 1.807) is 13.0 Å². The number of ketones is 1. The number of carbonyl (C=O) groups excluding carboxylic acids is 2. The van der Waals surface area contributed by atoms with Gasteiger partial charge in [-0.05, 0) is 48.8 Å². The Morgan fingerprint density at radius 1 is 1.33 bits per heavy atom. The molecule has 2 aliphatic carbocycles. The third-order valence-corrected chi connectivity index (χ3v) is 4.84. The minimum absolute atomic E-state index is 0.0163. The van der Waals surface area contributed by atoms with Gasteiger partial charge in [-0.2, -0.15) is 0 Å². The molecule has 3 nitrogen and oxygen atoms in total. The summed E-state index contributed by atoms with van der Waals surface area (Å²) in [5, 5.41) is 2.81. The first kappa shape index (κ1) is 14.0. The van der Waals surface area contributed by atoms with Gasteiger partial charge in [-0.25, -0.2) is 4.39 Å². The molecule has 0 spiro atoms. The molecule has 0 aliphatic heterocycles. The Morgan fingerprint density at radius 2 is 2.05 bits per heavy atom. The molecular formula is C17H18FNO2. The van der Waals surface area contributed by atoms with E-state index in [0.717, 1.165) is 5.57 Å². The molecule has 0 heterocycles. The predicted octanol–water partition coefficient (Wildman–Crippen LogP) is 3.07. The number of fused-ring (bicyclic) bond motifs is 1. The topological polar surface area (TPSA) is 46.2 Å². The molecule has 4 heteroatoms. The quantitative estimate of drug-likeness (QED) is 0.928. The number of benzene rings is 1.